The molecule has 0 fully saturated rings. The van der Waals surface area contributed by atoms with Gasteiger partial charge in [0.05, 0.1) is 12.8 Å². The van der Waals surface area contributed by atoms with Crippen LogP contribution in [0.3, 0.4) is 0 Å². The highest BCUT2D eigenvalue weighted by molar-refractivity contribution is 8.15. The summed E-state index contributed by atoms with van der Waals surface area (Å²) in [6, 6.07) is 0. The van der Waals surface area contributed by atoms with Gasteiger partial charge in [0.2, 0.25) is 13.1 Å². The number of nitro groups is 2. The van der Waals surface area contributed by atoms with Gasteiger partial charge in [-0.25, -0.2) is 0 Å². The second-order valence-electron chi connectivity index (χ2n) is 5.17. The SMILES string of the molecule is CC(=O)SC(C)(CC[N+](=O)[O-])OC(C)(CC[N+](=O)[O-])SC(C)=O. The first-order valence-electron chi connectivity index (χ1n) is 6.70. The lowest BCUT2D eigenvalue weighted by molar-refractivity contribution is -0.485. The minimum Gasteiger partial charge on any atom is -0.346 e. The Morgan fingerprint density at radius 2 is 1.22 bits per heavy atom. The van der Waals surface area contributed by atoms with Crippen LogP contribution in [0.4, 0.5) is 0 Å². The van der Waals surface area contributed by atoms with E-state index >= 15 is 0 Å². The van der Waals surface area contributed by atoms with E-state index in [1.807, 2.05) is 0 Å². The number of carbonyl (C=O) groups excluding carboxylic acids is 2. The lowest BCUT2D eigenvalue weighted by atomic mass is 10.2. The third-order valence-corrected chi connectivity index (χ3v) is 4.66. The van der Waals surface area contributed by atoms with Crippen LogP contribution in [0.1, 0.15) is 40.5 Å². The number of carbonyl (C=O) groups is 2. The molecule has 0 rings (SSSR count). The van der Waals surface area contributed by atoms with Crippen molar-refractivity contribution in [3.8, 4) is 0 Å². The molecule has 0 saturated carbocycles. The number of nitrogens with zero attached hydrogens (tertiary/aromatic N) is 2. The number of rotatable bonds is 10. The first kappa shape index (κ1) is 21.8. The zero-order valence-electron chi connectivity index (χ0n) is 13.4. The number of hydrogen-bond donors (Lipinski definition) is 0. The lowest BCUT2D eigenvalue weighted by Gasteiger charge is -2.37. The second kappa shape index (κ2) is 9.18. The molecule has 0 spiro atoms. The van der Waals surface area contributed by atoms with Crippen molar-refractivity contribution in [2.75, 3.05) is 13.1 Å². The Balaban J connectivity index is 5.29. The maximum atomic E-state index is 11.4. The molecule has 2 atom stereocenters. The van der Waals surface area contributed by atoms with E-state index in [0.717, 1.165) is 23.5 Å². The van der Waals surface area contributed by atoms with Gasteiger partial charge in [-0.1, -0.05) is 23.5 Å². The fourth-order valence-corrected chi connectivity index (χ4v) is 4.01. The van der Waals surface area contributed by atoms with Crippen molar-refractivity contribution in [2.45, 2.75) is 50.4 Å². The maximum Gasteiger partial charge on any atom is 0.207 e. The molecular formula is C12H20N2O7S2. The Morgan fingerprint density at radius 3 is 1.43 bits per heavy atom. The average molecular weight is 368 g/mol. The molecule has 0 aromatic heterocycles. The van der Waals surface area contributed by atoms with Crippen LogP contribution in [0.2, 0.25) is 0 Å². The first-order valence-corrected chi connectivity index (χ1v) is 8.34. The fourth-order valence-electron chi connectivity index (χ4n) is 1.90. The predicted molar refractivity (Wildman–Crippen MR) is 87.4 cm³/mol. The third kappa shape index (κ3) is 10.2. The van der Waals surface area contributed by atoms with Crippen LogP contribution in [0, 0.1) is 20.2 Å². The molecule has 2 unspecified atom stereocenters. The maximum absolute atomic E-state index is 11.4. The van der Waals surface area contributed by atoms with E-state index in [0.29, 0.717) is 0 Å². The molecule has 0 heterocycles. The highest BCUT2D eigenvalue weighted by Crippen LogP contribution is 2.41. The fraction of sp³-hybridized carbons (Fsp3) is 0.833. The standard InChI is InChI=1S/C12H20N2O7S2/c1-9(15)22-11(3,5-7-13(17)18)21-12(4,23-10(2)16)6-8-14(19)20/h5-8H2,1-4H3. The molecule has 0 aromatic rings. The van der Waals surface area contributed by atoms with Gasteiger partial charge in [-0.3, -0.25) is 29.8 Å². The van der Waals surface area contributed by atoms with Crippen molar-refractivity contribution in [3.05, 3.63) is 20.2 Å². The van der Waals surface area contributed by atoms with E-state index in [-0.39, 0.29) is 23.1 Å². The normalized spacial score (nSPS) is 16.2. The van der Waals surface area contributed by atoms with E-state index in [4.69, 9.17) is 4.74 Å². The monoisotopic (exact) mass is 368 g/mol. The zero-order valence-corrected chi connectivity index (χ0v) is 15.0. The average Bonchev–Trinajstić information content (AvgIpc) is 2.32. The smallest absolute Gasteiger partial charge is 0.207 e. The molecule has 0 saturated heterocycles. The molecule has 0 amide bonds. The van der Waals surface area contributed by atoms with Crippen LogP contribution < -0.4 is 0 Å². The van der Waals surface area contributed by atoms with Gasteiger partial charge in [0.15, 0.2) is 10.2 Å². The van der Waals surface area contributed by atoms with Crippen LogP contribution >= 0.6 is 23.5 Å². The highest BCUT2D eigenvalue weighted by atomic mass is 32.2. The van der Waals surface area contributed by atoms with Gasteiger partial charge < -0.3 is 4.74 Å². The summed E-state index contributed by atoms with van der Waals surface area (Å²) in [5.74, 6) is 0. The van der Waals surface area contributed by atoms with Gasteiger partial charge >= 0.3 is 0 Å². The van der Waals surface area contributed by atoms with Gasteiger partial charge in [0.25, 0.3) is 0 Å². The summed E-state index contributed by atoms with van der Waals surface area (Å²) in [5, 5.41) is 20.6. The van der Waals surface area contributed by atoms with Gasteiger partial charge in [-0.2, -0.15) is 0 Å². The molecule has 9 nitrogen and oxygen atoms in total. The van der Waals surface area contributed by atoms with Crippen molar-refractivity contribution in [3.63, 3.8) is 0 Å². The Hall–Kier alpha value is -1.20. The molecule has 0 aromatic carbocycles. The third-order valence-electron chi connectivity index (χ3n) is 2.65. The summed E-state index contributed by atoms with van der Waals surface area (Å²) < 4.78 is 5.82. The summed E-state index contributed by atoms with van der Waals surface area (Å²) in [7, 11) is 0. The molecule has 11 heteroatoms. The predicted octanol–water partition coefficient (Wildman–Crippen LogP) is 2.33. The zero-order chi connectivity index (χ0) is 18.3. The Morgan fingerprint density at radius 1 is 0.913 bits per heavy atom. The van der Waals surface area contributed by atoms with Crippen LogP contribution in [0.15, 0.2) is 0 Å². The van der Waals surface area contributed by atoms with Gasteiger partial charge in [-0.05, 0) is 13.8 Å². The van der Waals surface area contributed by atoms with Crippen LogP contribution in [0.25, 0.3) is 0 Å². The summed E-state index contributed by atoms with van der Waals surface area (Å²) in [4.78, 5) is 40.4. The Labute approximate surface area is 142 Å². The molecule has 0 aliphatic rings. The van der Waals surface area contributed by atoms with E-state index in [9.17, 15) is 29.8 Å². The highest BCUT2D eigenvalue weighted by Gasteiger charge is 2.41. The van der Waals surface area contributed by atoms with Crippen LogP contribution in [-0.2, 0) is 14.3 Å². The molecule has 0 aliphatic carbocycles. The minimum absolute atomic E-state index is 0.0727. The van der Waals surface area contributed by atoms with E-state index in [1.165, 1.54) is 27.7 Å². The number of ether oxygens (including phenoxy) is 1. The Bertz CT molecular complexity index is 446. The van der Waals surface area contributed by atoms with Crippen LogP contribution in [-0.4, -0.2) is 43.0 Å². The molecule has 0 N–H and O–H groups in total. The molecule has 0 radical (unpaired) electrons. The van der Waals surface area contributed by atoms with Crippen molar-refractivity contribution in [1.29, 1.82) is 0 Å². The van der Waals surface area contributed by atoms with Crippen molar-refractivity contribution >= 4 is 33.8 Å². The second-order valence-corrected chi connectivity index (χ2v) is 8.45. The van der Waals surface area contributed by atoms with Crippen molar-refractivity contribution in [2.24, 2.45) is 0 Å². The van der Waals surface area contributed by atoms with Gasteiger partial charge in [0.1, 0.15) is 9.87 Å². The van der Waals surface area contributed by atoms with Crippen molar-refractivity contribution in [1.82, 2.24) is 0 Å². The van der Waals surface area contributed by atoms with Crippen molar-refractivity contribution < 1.29 is 24.2 Å². The summed E-state index contributed by atoms with van der Waals surface area (Å²) >= 11 is 1.54. The van der Waals surface area contributed by atoms with Crippen LogP contribution in [0.5, 0.6) is 0 Å². The Kier molecular flexibility index (Phi) is 8.70. The van der Waals surface area contributed by atoms with E-state index in [2.05, 4.69) is 0 Å². The van der Waals surface area contributed by atoms with Gasteiger partial charge in [-0.15, -0.1) is 0 Å². The molecule has 23 heavy (non-hydrogen) atoms. The summed E-state index contributed by atoms with van der Waals surface area (Å²) in [5.41, 5.74) is 0. The number of hydrogen-bond acceptors (Lipinski definition) is 9. The first-order chi connectivity index (χ1) is 10.4. The largest absolute Gasteiger partial charge is 0.346 e. The minimum atomic E-state index is -1.26. The summed E-state index contributed by atoms with van der Waals surface area (Å²) in [6.07, 6.45) is -0.145. The van der Waals surface area contributed by atoms with E-state index in [1.54, 1.807) is 0 Å². The lowest BCUT2D eigenvalue weighted by Crippen LogP contribution is -2.40. The van der Waals surface area contributed by atoms with Gasteiger partial charge in [0, 0.05) is 23.7 Å². The topological polar surface area (TPSA) is 130 Å². The number of thioether (sulfide) groups is 2. The molecule has 0 bridgehead atoms. The molecule has 0 aliphatic heterocycles. The molecular weight excluding hydrogens is 348 g/mol. The van der Waals surface area contributed by atoms with E-state index < -0.39 is 32.8 Å². The molecule has 132 valence electrons. The summed E-state index contributed by atoms with van der Waals surface area (Å²) in [6.45, 7) is 4.76. The quantitative estimate of drug-likeness (QED) is 0.324.